The van der Waals surface area contributed by atoms with Crippen LogP contribution >= 0.6 is 0 Å². The predicted octanol–water partition coefficient (Wildman–Crippen LogP) is 4.67. The number of esters is 1. The Bertz CT molecular complexity index is 355. The normalized spacial score (nSPS) is 18.0. The summed E-state index contributed by atoms with van der Waals surface area (Å²) in [6.07, 6.45) is 8.76. The van der Waals surface area contributed by atoms with Crippen LogP contribution in [0.3, 0.4) is 0 Å². The Hall–Kier alpha value is -0.830. The number of rotatable bonds is 10. The number of allylic oxidation sites excluding steroid dienone is 1. The van der Waals surface area contributed by atoms with Crippen molar-refractivity contribution in [3.8, 4) is 0 Å². The number of carbonyl (C=O) groups excluding carboxylic acids is 1. The van der Waals surface area contributed by atoms with Crippen LogP contribution in [-0.2, 0) is 9.53 Å². The fourth-order valence-electron chi connectivity index (χ4n) is 3.67. The first-order valence-corrected chi connectivity index (χ1v) is 9.43. The van der Waals surface area contributed by atoms with Crippen molar-refractivity contribution in [3.05, 3.63) is 12.7 Å². The molecular formula is C20H37NO2. The van der Waals surface area contributed by atoms with Crippen LogP contribution in [0.5, 0.6) is 0 Å². The highest BCUT2D eigenvalue weighted by Crippen LogP contribution is 2.33. The van der Waals surface area contributed by atoms with Crippen molar-refractivity contribution in [2.24, 2.45) is 17.3 Å². The molecule has 1 aliphatic carbocycles. The lowest BCUT2D eigenvalue weighted by Gasteiger charge is -2.33. The van der Waals surface area contributed by atoms with Crippen molar-refractivity contribution in [3.63, 3.8) is 0 Å². The minimum absolute atomic E-state index is 0.00697. The largest absolute Gasteiger partial charge is 0.465 e. The molecule has 0 bridgehead atoms. The topological polar surface area (TPSA) is 29.5 Å². The standard InChI is InChI=1S/C20H37NO2/c1-6-12-18(17-13-10-9-11-14-17)19(22)23-16-20(4,5)15-21(7-2)8-3/h6,17-18H,1,7-16H2,2-5H3. The van der Waals surface area contributed by atoms with Crippen molar-refractivity contribution in [1.82, 2.24) is 4.90 Å². The van der Waals surface area contributed by atoms with Gasteiger partial charge in [-0.3, -0.25) is 4.79 Å². The molecule has 0 heterocycles. The van der Waals surface area contributed by atoms with E-state index in [4.69, 9.17) is 4.74 Å². The minimum Gasteiger partial charge on any atom is -0.465 e. The van der Waals surface area contributed by atoms with Gasteiger partial charge in [-0.2, -0.15) is 0 Å². The summed E-state index contributed by atoms with van der Waals surface area (Å²) in [5.41, 5.74) is -0.00697. The van der Waals surface area contributed by atoms with E-state index in [0.717, 1.165) is 38.9 Å². The highest BCUT2D eigenvalue weighted by Gasteiger charge is 2.31. The predicted molar refractivity (Wildman–Crippen MR) is 97.4 cm³/mol. The molecule has 134 valence electrons. The number of carbonyl (C=O) groups is 1. The fraction of sp³-hybridized carbons (Fsp3) is 0.850. The maximum Gasteiger partial charge on any atom is 0.309 e. The molecule has 0 spiro atoms. The van der Waals surface area contributed by atoms with Crippen molar-refractivity contribution >= 4 is 5.97 Å². The van der Waals surface area contributed by atoms with Gasteiger partial charge in [-0.05, 0) is 38.3 Å². The molecule has 0 aliphatic heterocycles. The van der Waals surface area contributed by atoms with Gasteiger partial charge < -0.3 is 9.64 Å². The highest BCUT2D eigenvalue weighted by atomic mass is 16.5. The Balaban J connectivity index is 2.55. The first kappa shape index (κ1) is 20.2. The molecule has 0 amide bonds. The molecular weight excluding hydrogens is 286 g/mol. The Morgan fingerprint density at radius 1 is 1.26 bits per heavy atom. The number of hydrogen-bond acceptors (Lipinski definition) is 3. The van der Waals surface area contributed by atoms with Crippen LogP contribution in [0.25, 0.3) is 0 Å². The third kappa shape index (κ3) is 7.07. The molecule has 3 nitrogen and oxygen atoms in total. The zero-order valence-electron chi connectivity index (χ0n) is 15.8. The minimum atomic E-state index is -0.00979. The van der Waals surface area contributed by atoms with Gasteiger partial charge in [0.25, 0.3) is 0 Å². The second kappa shape index (κ2) is 10.1. The van der Waals surface area contributed by atoms with Crippen LogP contribution in [0.1, 0.15) is 66.2 Å². The second-order valence-corrected chi connectivity index (χ2v) is 7.76. The number of hydrogen-bond donors (Lipinski definition) is 0. The molecule has 0 N–H and O–H groups in total. The van der Waals surface area contributed by atoms with E-state index < -0.39 is 0 Å². The smallest absolute Gasteiger partial charge is 0.309 e. The van der Waals surface area contributed by atoms with Crippen LogP contribution in [0.15, 0.2) is 12.7 Å². The summed E-state index contributed by atoms with van der Waals surface area (Å²) in [6, 6.07) is 0. The van der Waals surface area contributed by atoms with E-state index >= 15 is 0 Å². The average molecular weight is 324 g/mol. The summed E-state index contributed by atoms with van der Waals surface area (Å²) in [5.74, 6) is 0.488. The zero-order chi connectivity index (χ0) is 17.3. The van der Waals surface area contributed by atoms with Gasteiger partial charge >= 0.3 is 5.97 Å². The van der Waals surface area contributed by atoms with Crippen LogP contribution in [0.2, 0.25) is 0 Å². The Morgan fingerprint density at radius 3 is 2.39 bits per heavy atom. The quantitative estimate of drug-likeness (QED) is 0.432. The van der Waals surface area contributed by atoms with E-state index in [2.05, 4.69) is 39.2 Å². The first-order valence-electron chi connectivity index (χ1n) is 9.43. The van der Waals surface area contributed by atoms with Crippen LogP contribution in [0.4, 0.5) is 0 Å². The highest BCUT2D eigenvalue weighted by molar-refractivity contribution is 5.73. The molecule has 0 aromatic carbocycles. The lowest BCUT2D eigenvalue weighted by atomic mass is 9.78. The van der Waals surface area contributed by atoms with Gasteiger partial charge in [0, 0.05) is 12.0 Å². The maximum absolute atomic E-state index is 12.6. The van der Waals surface area contributed by atoms with E-state index in [0.29, 0.717) is 12.5 Å². The van der Waals surface area contributed by atoms with E-state index in [9.17, 15) is 4.79 Å². The van der Waals surface area contributed by atoms with Crippen molar-refractivity contribution in [1.29, 1.82) is 0 Å². The summed E-state index contributed by atoms with van der Waals surface area (Å²) in [5, 5.41) is 0. The summed E-state index contributed by atoms with van der Waals surface area (Å²) in [6.45, 7) is 16.1. The lowest BCUT2D eigenvalue weighted by molar-refractivity contribution is -0.154. The van der Waals surface area contributed by atoms with E-state index in [1.807, 2.05) is 6.08 Å². The number of nitrogens with zero attached hydrogens (tertiary/aromatic N) is 1. The molecule has 1 unspecified atom stereocenters. The van der Waals surface area contributed by atoms with Gasteiger partial charge in [0.05, 0.1) is 12.5 Å². The summed E-state index contributed by atoms with van der Waals surface area (Å²) >= 11 is 0. The molecule has 23 heavy (non-hydrogen) atoms. The number of ether oxygens (including phenoxy) is 1. The zero-order valence-corrected chi connectivity index (χ0v) is 15.8. The first-order chi connectivity index (χ1) is 10.9. The van der Waals surface area contributed by atoms with E-state index in [1.165, 1.54) is 19.3 Å². The van der Waals surface area contributed by atoms with Crippen molar-refractivity contribution in [2.45, 2.75) is 66.2 Å². The van der Waals surface area contributed by atoms with Crippen LogP contribution in [0, 0.1) is 17.3 Å². The average Bonchev–Trinajstić information content (AvgIpc) is 2.56. The van der Waals surface area contributed by atoms with Gasteiger partial charge in [-0.1, -0.05) is 53.0 Å². The monoisotopic (exact) mass is 323 g/mol. The molecule has 1 fully saturated rings. The maximum atomic E-state index is 12.6. The van der Waals surface area contributed by atoms with E-state index in [-0.39, 0.29) is 17.3 Å². The van der Waals surface area contributed by atoms with Gasteiger partial charge in [0.1, 0.15) is 0 Å². The van der Waals surface area contributed by atoms with Gasteiger partial charge in [0.15, 0.2) is 0 Å². The second-order valence-electron chi connectivity index (χ2n) is 7.76. The Labute approximate surface area is 143 Å². The molecule has 0 radical (unpaired) electrons. The third-order valence-electron chi connectivity index (χ3n) is 5.09. The Morgan fingerprint density at radius 2 is 1.87 bits per heavy atom. The lowest BCUT2D eigenvalue weighted by Crippen LogP contribution is -2.38. The summed E-state index contributed by atoms with van der Waals surface area (Å²) < 4.78 is 5.75. The van der Waals surface area contributed by atoms with Crippen LogP contribution < -0.4 is 0 Å². The molecule has 1 saturated carbocycles. The fourth-order valence-corrected chi connectivity index (χ4v) is 3.67. The molecule has 0 saturated heterocycles. The Kier molecular flexibility index (Phi) is 8.90. The van der Waals surface area contributed by atoms with Gasteiger partial charge in [-0.25, -0.2) is 0 Å². The van der Waals surface area contributed by atoms with Crippen molar-refractivity contribution < 1.29 is 9.53 Å². The van der Waals surface area contributed by atoms with Gasteiger partial charge in [-0.15, -0.1) is 6.58 Å². The van der Waals surface area contributed by atoms with Crippen molar-refractivity contribution in [2.75, 3.05) is 26.2 Å². The third-order valence-corrected chi connectivity index (χ3v) is 5.09. The summed E-state index contributed by atoms with van der Waals surface area (Å²) in [7, 11) is 0. The molecule has 1 rings (SSSR count). The summed E-state index contributed by atoms with van der Waals surface area (Å²) in [4.78, 5) is 15.0. The molecule has 1 atom stereocenters. The SMILES string of the molecule is C=CCC(C(=O)OCC(C)(C)CN(CC)CC)C1CCCCC1. The molecule has 3 heteroatoms. The van der Waals surface area contributed by atoms with E-state index in [1.54, 1.807) is 0 Å². The molecule has 1 aliphatic rings. The van der Waals surface area contributed by atoms with Gasteiger partial charge in [0.2, 0.25) is 0 Å². The molecule has 0 aromatic heterocycles. The van der Waals surface area contributed by atoms with Crippen LogP contribution in [-0.4, -0.2) is 37.1 Å². The molecule has 0 aromatic rings.